The largest absolute Gasteiger partial charge is 0.351 e. The summed E-state index contributed by atoms with van der Waals surface area (Å²) in [6.07, 6.45) is 8.53. The van der Waals surface area contributed by atoms with Gasteiger partial charge in [0.2, 0.25) is 5.95 Å². The molecule has 3 nitrogen and oxygen atoms in total. The molecule has 1 aromatic heterocycles. The first kappa shape index (κ1) is 11.3. The second-order valence-electron chi connectivity index (χ2n) is 4.68. The van der Waals surface area contributed by atoms with E-state index in [4.69, 9.17) is 0 Å². The fraction of sp³-hybridized carbons (Fsp3) is 0.667. The van der Waals surface area contributed by atoms with Crippen molar-refractivity contribution in [2.45, 2.75) is 45.1 Å². The van der Waals surface area contributed by atoms with Gasteiger partial charge in [0.05, 0.1) is 12.4 Å². The van der Waals surface area contributed by atoms with Crippen LogP contribution in [0.5, 0.6) is 0 Å². The van der Waals surface area contributed by atoms with Crippen LogP contribution in [0.1, 0.15) is 39.0 Å². The van der Waals surface area contributed by atoms with E-state index in [-0.39, 0.29) is 5.82 Å². The van der Waals surface area contributed by atoms with E-state index >= 15 is 0 Å². The molecule has 88 valence electrons. The van der Waals surface area contributed by atoms with E-state index in [1.807, 2.05) is 0 Å². The molecule has 1 fully saturated rings. The summed E-state index contributed by atoms with van der Waals surface area (Å²) in [4.78, 5) is 7.85. The van der Waals surface area contributed by atoms with Gasteiger partial charge in [-0.25, -0.2) is 14.4 Å². The van der Waals surface area contributed by atoms with Gasteiger partial charge in [0.1, 0.15) is 0 Å². The molecule has 1 aliphatic carbocycles. The quantitative estimate of drug-likeness (QED) is 0.783. The smallest absolute Gasteiger partial charge is 0.222 e. The lowest BCUT2D eigenvalue weighted by Crippen LogP contribution is -2.20. The average Bonchev–Trinajstić information content (AvgIpc) is 2.47. The molecule has 1 aliphatic rings. The first-order valence-electron chi connectivity index (χ1n) is 5.98. The molecule has 4 heteroatoms. The Kier molecular flexibility index (Phi) is 3.70. The Balaban J connectivity index is 1.91. The zero-order valence-corrected chi connectivity index (χ0v) is 9.62. The minimum Gasteiger partial charge on any atom is -0.351 e. The van der Waals surface area contributed by atoms with Crippen molar-refractivity contribution in [3.05, 3.63) is 18.2 Å². The molecule has 1 aromatic rings. The maximum atomic E-state index is 12.6. The number of aromatic nitrogens is 2. The Bertz CT molecular complexity index is 326. The van der Waals surface area contributed by atoms with Gasteiger partial charge in [-0.15, -0.1) is 0 Å². The zero-order valence-electron chi connectivity index (χ0n) is 9.62. The molecule has 2 atom stereocenters. The van der Waals surface area contributed by atoms with Crippen LogP contribution in [-0.2, 0) is 0 Å². The van der Waals surface area contributed by atoms with Gasteiger partial charge in [-0.2, -0.15) is 0 Å². The molecule has 1 N–H and O–H groups in total. The summed E-state index contributed by atoms with van der Waals surface area (Å²) < 4.78 is 12.6. The summed E-state index contributed by atoms with van der Waals surface area (Å²) >= 11 is 0. The van der Waals surface area contributed by atoms with Crippen molar-refractivity contribution in [2.24, 2.45) is 5.92 Å². The highest BCUT2D eigenvalue weighted by molar-refractivity contribution is 5.24. The van der Waals surface area contributed by atoms with Crippen LogP contribution in [0, 0.1) is 11.7 Å². The van der Waals surface area contributed by atoms with Crippen molar-refractivity contribution in [1.29, 1.82) is 0 Å². The highest BCUT2D eigenvalue weighted by Gasteiger charge is 2.16. The molecule has 2 rings (SSSR count). The lowest BCUT2D eigenvalue weighted by Gasteiger charge is -2.15. The minimum absolute atomic E-state index is 0.389. The number of hydrogen-bond donors (Lipinski definition) is 1. The maximum absolute atomic E-state index is 12.6. The van der Waals surface area contributed by atoms with Crippen molar-refractivity contribution in [2.75, 3.05) is 5.32 Å². The van der Waals surface area contributed by atoms with E-state index in [2.05, 4.69) is 22.2 Å². The Labute approximate surface area is 95.5 Å². The van der Waals surface area contributed by atoms with Gasteiger partial charge in [-0.3, -0.25) is 0 Å². The van der Waals surface area contributed by atoms with Gasteiger partial charge < -0.3 is 5.32 Å². The van der Waals surface area contributed by atoms with Crippen molar-refractivity contribution >= 4 is 5.95 Å². The van der Waals surface area contributed by atoms with E-state index in [1.54, 1.807) is 0 Å². The van der Waals surface area contributed by atoms with Gasteiger partial charge in [0.15, 0.2) is 5.82 Å². The summed E-state index contributed by atoms with van der Waals surface area (Å²) in [5.41, 5.74) is 0. The van der Waals surface area contributed by atoms with Crippen molar-refractivity contribution in [3.8, 4) is 0 Å². The van der Waals surface area contributed by atoms with Crippen LogP contribution in [0.15, 0.2) is 12.4 Å². The Morgan fingerprint density at radius 1 is 1.19 bits per heavy atom. The van der Waals surface area contributed by atoms with Gasteiger partial charge in [-0.05, 0) is 25.2 Å². The SMILES string of the molecule is CC1CCCC(Nc2ncc(F)cn2)CC1. The highest BCUT2D eigenvalue weighted by Crippen LogP contribution is 2.24. The molecule has 0 amide bonds. The standard InChI is InChI=1S/C12H18FN3/c1-9-3-2-4-11(6-5-9)16-12-14-7-10(13)8-15-12/h7-9,11H,2-6H2,1H3,(H,14,15,16). The number of rotatable bonds is 2. The van der Waals surface area contributed by atoms with Crippen LogP contribution in [0.3, 0.4) is 0 Å². The number of nitrogens with one attached hydrogen (secondary N) is 1. The van der Waals surface area contributed by atoms with E-state index in [0.29, 0.717) is 12.0 Å². The molecule has 0 aromatic carbocycles. The third kappa shape index (κ3) is 3.15. The number of halogens is 1. The second-order valence-corrected chi connectivity index (χ2v) is 4.68. The van der Waals surface area contributed by atoms with E-state index in [1.165, 1.54) is 31.7 Å². The minimum atomic E-state index is -0.389. The molecule has 1 saturated carbocycles. The molecular formula is C12H18FN3. The van der Waals surface area contributed by atoms with Gasteiger partial charge in [-0.1, -0.05) is 19.8 Å². The predicted octanol–water partition coefficient (Wildman–Crippen LogP) is 3.00. The van der Waals surface area contributed by atoms with E-state index in [0.717, 1.165) is 18.8 Å². The van der Waals surface area contributed by atoms with Crippen LogP contribution in [-0.4, -0.2) is 16.0 Å². The molecule has 2 unspecified atom stereocenters. The molecule has 0 bridgehead atoms. The van der Waals surface area contributed by atoms with Gasteiger partial charge in [0, 0.05) is 6.04 Å². The highest BCUT2D eigenvalue weighted by atomic mass is 19.1. The predicted molar refractivity (Wildman–Crippen MR) is 61.6 cm³/mol. The van der Waals surface area contributed by atoms with Crippen molar-refractivity contribution < 1.29 is 4.39 Å². The molecule has 0 saturated heterocycles. The molecule has 1 heterocycles. The lowest BCUT2D eigenvalue weighted by atomic mass is 10.0. The summed E-state index contributed by atoms with van der Waals surface area (Å²) in [5.74, 6) is 0.974. The summed E-state index contributed by atoms with van der Waals surface area (Å²) in [7, 11) is 0. The normalized spacial score (nSPS) is 26.1. The second kappa shape index (κ2) is 5.23. The Morgan fingerprint density at radius 3 is 2.69 bits per heavy atom. The Morgan fingerprint density at radius 2 is 1.94 bits per heavy atom. The summed E-state index contributed by atoms with van der Waals surface area (Å²) in [6.45, 7) is 2.30. The van der Waals surface area contributed by atoms with Crippen molar-refractivity contribution in [1.82, 2.24) is 9.97 Å². The molecule has 0 aliphatic heterocycles. The first-order valence-corrected chi connectivity index (χ1v) is 5.98. The first-order chi connectivity index (χ1) is 7.74. The van der Waals surface area contributed by atoms with E-state index < -0.39 is 0 Å². The topological polar surface area (TPSA) is 37.8 Å². The maximum Gasteiger partial charge on any atom is 0.222 e. The molecule has 0 spiro atoms. The monoisotopic (exact) mass is 223 g/mol. The summed E-state index contributed by atoms with van der Waals surface area (Å²) in [5, 5.41) is 3.28. The summed E-state index contributed by atoms with van der Waals surface area (Å²) in [6, 6.07) is 0.440. The van der Waals surface area contributed by atoms with Crippen LogP contribution in [0.2, 0.25) is 0 Å². The van der Waals surface area contributed by atoms with Crippen molar-refractivity contribution in [3.63, 3.8) is 0 Å². The third-order valence-electron chi connectivity index (χ3n) is 3.21. The zero-order chi connectivity index (χ0) is 11.4. The number of hydrogen-bond acceptors (Lipinski definition) is 3. The fourth-order valence-corrected chi connectivity index (χ4v) is 2.20. The van der Waals surface area contributed by atoms with Crippen LogP contribution < -0.4 is 5.32 Å². The lowest BCUT2D eigenvalue weighted by molar-refractivity contribution is 0.501. The fourth-order valence-electron chi connectivity index (χ4n) is 2.20. The van der Waals surface area contributed by atoms with E-state index in [9.17, 15) is 4.39 Å². The van der Waals surface area contributed by atoms with Crippen LogP contribution in [0.4, 0.5) is 10.3 Å². The van der Waals surface area contributed by atoms with Gasteiger partial charge in [0.25, 0.3) is 0 Å². The third-order valence-corrected chi connectivity index (χ3v) is 3.21. The molecular weight excluding hydrogens is 205 g/mol. The molecule has 16 heavy (non-hydrogen) atoms. The van der Waals surface area contributed by atoms with Crippen LogP contribution in [0.25, 0.3) is 0 Å². The average molecular weight is 223 g/mol. The Hall–Kier alpha value is -1.19. The van der Waals surface area contributed by atoms with Crippen LogP contribution >= 0.6 is 0 Å². The molecule has 0 radical (unpaired) electrons. The number of anilines is 1. The van der Waals surface area contributed by atoms with Gasteiger partial charge >= 0.3 is 0 Å². The number of nitrogens with zero attached hydrogens (tertiary/aromatic N) is 2.